The van der Waals surface area contributed by atoms with Gasteiger partial charge in [0.2, 0.25) is 5.78 Å². The molecule has 5 heteroatoms. The molecule has 4 nitrogen and oxygen atoms in total. The van der Waals surface area contributed by atoms with Gasteiger partial charge in [0.05, 0.1) is 18.7 Å². The molecule has 1 atom stereocenters. The Bertz CT molecular complexity index is 836. The Morgan fingerprint density at radius 1 is 1.27 bits per heavy atom. The standard InChI is InChI=1S/C21H24BrNO3/c1-4-5-6-15-17(22)18-16(21(25)26-3)11-12-23(18)19(15)20(24)14-9-7-13(2)8-10-14/h7-10,16H,4-6,11-12H2,1-3H3. The van der Waals surface area contributed by atoms with E-state index in [1.165, 1.54) is 7.11 Å². The lowest BCUT2D eigenvalue weighted by Crippen LogP contribution is -2.12. The van der Waals surface area contributed by atoms with Crippen molar-refractivity contribution in [3.8, 4) is 0 Å². The number of hydrogen-bond donors (Lipinski definition) is 0. The van der Waals surface area contributed by atoms with Gasteiger partial charge in [-0.3, -0.25) is 9.59 Å². The molecule has 0 radical (unpaired) electrons. The van der Waals surface area contributed by atoms with E-state index in [4.69, 9.17) is 4.74 Å². The number of ketones is 1. The molecule has 0 aliphatic carbocycles. The smallest absolute Gasteiger partial charge is 0.314 e. The number of fused-ring (bicyclic) bond motifs is 1. The van der Waals surface area contributed by atoms with E-state index in [-0.39, 0.29) is 17.7 Å². The number of rotatable bonds is 6. The maximum Gasteiger partial charge on any atom is 0.314 e. The quantitative estimate of drug-likeness (QED) is 0.501. The van der Waals surface area contributed by atoms with Crippen molar-refractivity contribution in [3.63, 3.8) is 0 Å². The maximum absolute atomic E-state index is 13.3. The number of halogens is 1. The number of ether oxygens (including phenoxy) is 1. The van der Waals surface area contributed by atoms with Gasteiger partial charge < -0.3 is 9.30 Å². The number of methoxy groups -OCH3 is 1. The minimum absolute atomic E-state index is 0.0218. The van der Waals surface area contributed by atoms with Crippen LogP contribution in [0.25, 0.3) is 0 Å². The van der Waals surface area contributed by atoms with E-state index in [0.717, 1.165) is 46.2 Å². The first-order valence-corrected chi connectivity index (χ1v) is 9.88. The minimum Gasteiger partial charge on any atom is -0.469 e. The van der Waals surface area contributed by atoms with Crippen LogP contribution < -0.4 is 0 Å². The van der Waals surface area contributed by atoms with Gasteiger partial charge in [-0.25, -0.2) is 0 Å². The number of carbonyl (C=O) groups is 2. The summed E-state index contributed by atoms with van der Waals surface area (Å²) in [6, 6.07) is 7.67. The Balaban J connectivity index is 2.11. The summed E-state index contributed by atoms with van der Waals surface area (Å²) in [6.07, 6.45) is 3.53. The van der Waals surface area contributed by atoms with Crippen LogP contribution in [0.3, 0.4) is 0 Å². The molecule has 0 spiro atoms. The molecular weight excluding hydrogens is 394 g/mol. The fraction of sp³-hybridized carbons (Fsp3) is 0.429. The third-order valence-electron chi connectivity index (χ3n) is 5.10. The summed E-state index contributed by atoms with van der Waals surface area (Å²) in [4.78, 5) is 25.5. The number of unbranched alkanes of at least 4 members (excludes halogenated alkanes) is 1. The number of aromatic nitrogens is 1. The van der Waals surface area contributed by atoms with Crippen molar-refractivity contribution < 1.29 is 14.3 Å². The van der Waals surface area contributed by atoms with Crippen molar-refractivity contribution >= 4 is 27.7 Å². The molecule has 1 aliphatic heterocycles. The number of nitrogens with zero attached hydrogens (tertiary/aromatic N) is 1. The average Bonchev–Trinajstić information content (AvgIpc) is 3.18. The van der Waals surface area contributed by atoms with Crippen LogP contribution in [0.5, 0.6) is 0 Å². The molecule has 0 saturated heterocycles. The number of benzene rings is 1. The van der Waals surface area contributed by atoms with Crippen LogP contribution in [0.15, 0.2) is 28.7 Å². The highest BCUT2D eigenvalue weighted by molar-refractivity contribution is 9.10. The summed E-state index contributed by atoms with van der Waals surface area (Å²) >= 11 is 3.69. The SMILES string of the molecule is CCCCc1c(Br)c2n(c1C(=O)c1ccc(C)cc1)CCC2C(=O)OC. The minimum atomic E-state index is -0.311. The zero-order valence-electron chi connectivity index (χ0n) is 15.5. The Morgan fingerprint density at radius 3 is 2.58 bits per heavy atom. The summed E-state index contributed by atoms with van der Waals surface area (Å²) < 4.78 is 7.90. The molecule has 138 valence electrons. The molecule has 0 saturated carbocycles. The van der Waals surface area contributed by atoms with Crippen LogP contribution in [0.4, 0.5) is 0 Å². The fourth-order valence-electron chi connectivity index (χ4n) is 3.68. The fourth-order valence-corrected chi connectivity index (χ4v) is 4.56. The molecule has 2 heterocycles. The van der Waals surface area contributed by atoms with Crippen molar-refractivity contribution in [1.82, 2.24) is 4.57 Å². The van der Waals surface area contributed by atoms with Crippen LogP contribution in [-0.2, 0) is 22.5 Å². The lowest BCUT2D eigenvalue weighted by atomic mass is 9.99. The predicted molar refractivity (Wildman–Crippen MR) is 105 cm³/mol. The zero-order chi connectivity index (χ0) is 18.8. The lowest BCUT2D eigenvalue weighted by Gasteiger charge is -2.09. The molecule has 26 heavy (non-hydrogen) atoms. The molecular formula is C21H24BrNO3. The van der Waals surface area contributed by atoms with Crippen molar-refractivity contribution in [3.05, 3.63) is 56.8 Å². The molecule has 0 amide bonds. The highest BCUT2D eigenvalue weighted by Gasteiger charge is 2.37. The van der Waals surface area contributed by atoms with Gasteiger partial charge in [-0.1, -0.05) is 43.2 Å². The summed E-state index contributed by atoms with van der Waals surface area (Å²) in [5.74, 6) is -0.527. The molecule has 2 aromatic rings. The Morgan fingerprint density at radius 2 is 1.96 bits per heavy atom. The van der Waals surface area contributed by atoms with Crippen LogP contribution in [-0.4, -0.2) is 23.4 Å². The van der Waals surface area contributed by atoms with Crippen LogP contribution in [0.2, 0.25) is 0 Å². The highest BCUT2D eigenvalue weighted by Crippen LogP contribution is 2.42. The van der Waals surface area contributed by atoms with E-state index in [1.54, 1.807) is 0 Å². The van der Waals surface area contributed by atoms with E-state index in [9.17, 15) is 9.59 Å². The third-order valence-corrected chi connectivity index (χ3v) is 5.99. The zero-order valence-corrected chi connectivity index (χ0v) is 17.1. The van der Waals surface area contributed by atoms with Crippen molar-refractivity contribution in [2.24, 2.45) is 0 Å². The van der Waals surface area contributed by atoms with Crippen LogP contribution in [0.1, 0.15) is 65.0 Å². The van der Waals surface area contributed by atoms with E-state index in [0.29, 0.717) is 18.5 Å². The second kappa shape index (κ2) is 7.78. The van der Waals surface area contributed by atoms with Gasteiger partial charge in [0.1, 0.15) is 0 Å². The van der Waals surface area contributed by atoms with E-state index in [1.807, 2.05) is 35.8 Å². The first-order valence-electron chi connectivity index (χ1n) is 9.09. The first-order chi connectivity index (χ1) is 12.5. The topological polar surface area (TPSA) is 48.3 Å². The van der Waals surface area contributed by atoms with Crippen LogP contribution >= 0.6 is 15.9 Å². The number of aryl methyl sites for hydroxylation is 1. The number of hydrogen-bond acceptors (Lipinski definition) is 3. The first kappa shape index (κ1) is 18.9. The maximum atomic E-state index is 13.3. The summed E-state index contributed by atoms with van der Waals surface area (Å²) in [6.45, 7) is 4.80. The predicted octanol–water partition coefficient (Wildman–Crippen LogP) is 4.79. The van der Waals surface area contributed by atoms with Gasteiger partial charge >= 0.3 is 5.97 Å². The van der Waals surface area contributed by atoms with Gasteiger partial charge in [0.15, 0.2) is 0 Å². The summed E-state index contributed by atoms with van der Waals surface area (Å²) in [7, 11) is 1.41. The Hall–Kier alpha value is -1.88. The molecule has 0 N–H and O–H groups in total. The molecule has 3 rings (SSSR count). The Kier molecular flexibility index (Phi) is 5.66. The number of esters is 1. The largest absolute Gasteiger partial charge is 0.469 e. The summed E-state index contributed by atoms with van der Waals surface area (Å²) in [5, 5.41) is 0. The second-order valence-corrected chi connectivity index (χ2v) is 7.63. The van der Waals surface area contributed by atoms with Gasteiger partial charge in [0, 0.05) is 22.3 Å². The third kappa shape index (κ3) is 3.25. The van der Waals surface area contributed by atoms with Crippen molar-refractivity contribution in [2.45, 2.75) is 52.0 Å². The highest BCUT2D eigenvalue weighted by atomic mass is 79.9. The molecule has 0 fully saturated rings. The normalized spacial score (nSPS) is 15.8. The molecule has 1 aliphatic rings. The van der Waals surface area contributed by atoms with Crippen molar-refractivity contribution in [2.75, 3.05) is 7.11 Å². The van der Waals surface area contributed by atoms with Gasteiger partial charge in [0.25, 0.3) is 0 Å². The van der Waals surface area contributed by atoms with Crippen LogP contribution in [0, 0.1) is 6.92 Å². The Labute approximate surface area is 162 Å². The van der Waals surface area contributed by atoms with Crippen molar-refractivity contribution in [1.29, 1.82) is 0 Å². The monoisotopic (exact) mass is 417 g/mol. The van der Waals surface area contributed by atoms with Gasteiger partial charge in [-0.15, -0.1) is 0 Å². The average molecular weight is 418 g/mol. The lowest BCUT2D eigenvalue weighted by molar-refractivity contribution is -0.142. The second-order valence-electron chi connectivity index (χ2n) is 6.84. The van der Waals surface area contributed by atoms with E-state index in [2.05, 4.69) is 22.9 Å². The number of carbonyl (C=O) groups excluding carboxylic acids is 2. The molecule has 0 bridgehead atoms. The van der Waals surface area contributed by atoms with Gasteiger partial charge in [-0.2, -0.15) is 0 Å². The summed E-state index contributed by atoms with van der Waals surface area (Å²) in [5.41, 5.74) is 4.43. The van der Waals surface area contributed by atoms with E-state index < -0.39 is 0 Å². The molecule has 1 aromatic carbocycles. The van der Waals surface area contributed by atoms with E-state index >= 15 is 0 Å². The molecule has 1 unspecified atom stereocenters. The van der Waals surface area contributed by atoms with Gasteiger partial charge in [-0.05, 0) is 47.7 Å². The molecule has 1 aromatic heterocycles.